The molecule has 0 saturated heterocycles. The van der Waals surface area contributed by atoms with Crippen molar-refractivity contribution in [2.45, 2.75) is 32.4 Å². The van der Waals surface area contributed by atoms with Crippen LogP contribution in [0.5, 0.6) is 5.88 Å². The Morgan fingerprint density at radius 1 is 1.03 bits per heavy atom. The van der Waals surface area contributed by atoms with E-state index in [1.807, 2.05) is 91.3 Å². The van der Waals surface area contributed by atoms with E-state index in [9.17, 15) is 9.90 Å². The molecule has 37 heavy (non-hydrogen) atoms. The van der Waals surface area contributed by atoms with Crippen molar-refractivity contribution in [2.24, 2.45) is 0 Å². The summed E-state index contributed by atoms with van der Waals surface area (Å²) in [4.78, 5) is 21.0. The molecule has 5 rings (SSSR count). The highest BCUT2D eigenvalue weighted by Gasteiger charge is 2.24. The molecule has 8 heteroatoms. The second-order valence-corrected chi connectivity index (χ2v) is 9.46. The number of rotatable bonds is 10. The van der Waals surface area contributed by atoms with Crippen LogP contribution in [0.15, 0.2) is 90.6 Å². The third kappa shape index (κ3) is 5.76. The van der Waals surface area contributed by atoms with E-state index in [0.29, 0.717) is 36.7 Å². The standard InChI is InChI=1S/C29H26N4O3S/c1-2-24(29(34)35)25-17-33(32-27(25)21-9-5-3-6-10-21)16-20-13-14-26(30-15-20)36-18-23-19-37-28(31-23)22-11-7-4-8-12-22/h3-15,17,19,24H,2,16,18H2,1H3,(H,34,35). The Balaban J connectivity index is 1.27. The van der Waals surface area contributed by atoms with Gasteiger partial charge in [0.05, 0.1) is 23.9 Å². The first-order chi connectivity index (χ1) is 18.1. The average Bonchev–Trinajstić information content (AvgIpc) is 3.57. The number of carboxylic acids is 1. The molecule has 3 aromatic heterocycles. The molecule has 0 radical (unpaired) electrons. The summed E-state index contributed by atoms with van der Waals surface area (Å²) in [5.74, 6) is -0.953. The lowest BCUT2D eigenvalue weighted by molar-refractivity contribution is -0.138. The number of benzene rings is 2. The highest BCUT2D eigenvalue weighted by molar-refractivity contribution is 7.13. The molecule has 0 aliphatic heterocycles. The third-order valence-electron chi connectivity index (χ3n) is 6.00. The Hall–Kier alpha value is -4.30. The van der Waals surface area contributed by atoms with E-state index in [-0.39, 0.29) is 0 Å². The number of carboxylic acid groups (broad SMARTS) is 1. The van der Waals surface area contributed by atoms with Crippen molar-refractivity contribution in [3.63, 3.8) is 0 Å². The van der Waals surface area contributed by atoms with Crippen molar-refractivity contribution in [1.82, 2.24) is 19.7 Å². The van der Waals surface area contributed by atoms with E-state index in [0.717, 1.165) is 27.4 Å². The summed E-state index contributed by atoms with van der Waals surface area (Å²) in [6.45, 7) is 2.68. The Kier molecular flexibility index (Phi) is 7.37. The summed E-state index contributed by atoms with van der Waals surface area (Å²) in [7, 11) is 0. The zero-order valence-corrected chi connectivity index (χ0v) is 21.1. The first-order valence-electron chi connectivity index (χ1n) is 12.0. The monoisotopic (exact) mass is 510 g/mol. The molecule has 7 nitrogen and oxygen atoms in total. The van der Waals surface area contributed by atoms with E-state index in [4.69, 9.17) is 9.84 Å². The van der Waals surface area contributed by atoms with E-state index in [1.165, 1.54) is 0 Å². The van der Waals surface area contributed by atoms with Crippen molar-refractivity contribution in [1.29, 1.82) is 0 Å². The first kappa shape index (κ1) is 24.4. The van der Waals surface area contributed by atoms with Gasteiger partial charge in [0.15, 0.2) is 0 Å². The molecule has 0 aliphatic carbocycles. The van der Waals surface area contributed by atoms with Crippen molar-refractivity contribution >= 4 is 17.3 Å². The van der Waals surface area contributed by atoms with Gasteiger partial charge < -0.3 is 9.84 Å². The topological polar surface area (TPSA) is 90.1 Å². The molecule has 3 heterocycles. The van der Waals surface area contributed by atoms with Gasteiger partial charge in [0.2, 0.25) is 5.88 Å². The van der Waals surface area contributed by atoms with Gasteiger partial charge in [-0.15, -0.1) is 11.3 Å². The number of carbonyl (C=O) groups is 1. The van der Waals surface area contributed by atoms with Gasteiger partial charge in [-0.1, -0.05) is 73.7 Å². The van der Waals surface area contributed by atoms with Gasteiger partial charge in [0.1, 0.15) is 11.6 Å². The zero-order valence-electron chi connectivity index (χ0n) is 20.3. The molecule has 0 aliphatic rings. The van der Waals surface area contributed by atoms with Gasteiger partial charge in [-0.05, 0) is 12.0 Å². The second kappa shape index (κ2) is 11.2. The van der Waals surface area contributed by atoms with Crippen LogP contribution < -0.4 is 4.74 Å². The lowest BCUT2D eigenvalue weighted by Crippen LogP contribution is -2.10. The number of pyridine rings is 1. The minimum Gasteiger partial charge on any atom is -0.481 e. The van der Waals surface area contributed by atoms with Crippen LogP contribution in [0.2, 0.25) is 0 Å². The van der Waals surface area contributed by atoms with Crippen LogP contribution in [0.1, 0.15) is 36.1 Å². The maximum absolute atomic E-state index is 11.9. The van der Waals surface area contributed by atoms with Crippen molar-refractivity contribution < 1.29 is 14.6 Å². The molecule has 2 aromatic carbocycles. The Morgan fingerprint density at radius 2 is 1.76 bits per heavy atom. The van der Waals surface area contributed by atoms with Gasteiger partial charge in [0.25, 0.3) is 0 Å². The number of hydrogen-bond donors (Lipinski definition) is 1. The van der Waals surface area contributed by atoms with Crippen molar-refractivity contribution in [2.75, 3.05) is 0 Å². The number of ether oxygens (including phenoxy) is 1. The third-order valence-corrected chi connectivity index (χ3v) is 6.94. The smallest absolute Gasteiger partial charge is 0.311 e. The lowest BCUT2D eigenvalue weighted by Gasteiger charge is -2.09. The number of aliphatic carboxylic acids is 1. The van der Waals surface area contributed by atoms with Gasteiger partial charge in [0, 0.05) is 40.5 Å². The van der Waals surface area contributed by atoms with Gasteiger partial charge in [-0.3, -0.25) is 9.48 Å². The van der Waals surface area contributed by atoms with E-state index in [1.54, 1.807) is 22.2 Å². The molecule has 0 spiro atoms. The molecular formula is C29H26N4O3S. The van der Waals surface area contributed by atoms with Crippen LogP contribution in [0.25, 0.3) is 21.8 Å². The zero-order chi connectivity index (χ0) is 25.6. The summed E-state index contributed by atoms with van der Waals surface area (Å²) in [6.07, 6.45) is 4.08. The molecule has 1 N–H and O–H groups in total. The molecule has 0 bridgehead atoms. The fourth-order valence-electron chi connectivity index (χ4n) is 4.13. The minimum absolute atomic E-state index is 0.340. The highest BCUT2D eigenvalue weighted by Crippen LogP contribution is 2.31. The molecule has 186 valence electrons. The number of hydrogen-bond acceptors (Lipinski definition) is 6. The summed E-state index contributed by atoms with van der Waals surface area (Å²) in [5, 5.41) is 17.5. The molecule has 0 amide bonds. The summed E-state index contributed by atoms with van der Waals surface area (Å²) in [6, 6.07) is 23.5. The Morgan fingerprint density at radius 3 is 2.41 bits per heavy atom. The fourth-order valence-corrected chi connectivity index (χ4v) is 4.94. The van der Waals surface area contributed by atoms with Gasteiger partial charge in [-0.2, -0.15) is 5.10 Å². The minimum atomic E-state index is -0.849. The van der Waals surface area contributed by atoms with Gasteiger partial charge >= 0.3 is 5.97 Å². The second-order valence-electron chi connectivity index (χ2n) is 8.60. The largest absolute Gasteiger partial charge is 0.481 e. The predicted molar refractivity (Wildman–Crippen MR) is 144 cm³/mol. The molecule has 1 atom stereocenters. The molecule has 1 unspecified atom stereocenters. The van der Waals surface area contributed by atoms with Crippen LogP contribution in [0.3, 0.4) is 0 Å². The Labute approximate surface area is 219 Å². The van der Waals surface area contributed by atoms with E-state index >= 15 is 0 Å². The van der Waals surface area contributed by atoms with Crippen LogP contribution in [0.4, 0.5) is 0 Å². The number of nitrogens with zero attached hydrogens (tertiary/aromatic N) is 4. The maximum atomic E-state index is 11.9. The summed E-state index contributed by atoms with van der Waals surface area (Å²) in [5.41, 5.74) is 5.19. The SMILES string of the molecule is CCC(C(=O)O)c1cn(Cc2ccc(OCc3csc(-c4ccccc4)n3)nc2)nc1-c1ccccc1. The first-order valence-corrected chi connectivity index (χ1v) is 12.9. The molecule has 0 saturated carbocycles. The van der Waals surface area contributed by atoms with Crippen LogP contribution >= 0.6 is 11.3 Å². The maximum Gasteiger partial charge on any atom is 0.311 e. The molecular weight excluding hydrogens is 484 g/mol. The van der Waals surface area contributed by atoms with E-state index < -0.39 is 11.9 Å². The lowest BCUT2D eigenvalue weighted by atomic mass is 9.94. The van der Waals surface area contributed by atoms with Crippen molar-refractivity contribution in [3.05, 3.63) is 107 Å². The van der Waals surface area contributed by atoms with Crippen LogP contribution in [0, 0.1) is 0 Å². The summed E-state index contributed by atoms with van der Waals surface area (Å²) < 4.78 is 7.62. The molecule has 5 aromatic rings. The normalized spacial score (nSPS) is 11.8. The van der Waals surface area contributed by atoms with E-state index in [2.05, 4.69) is 9.97 Å². The number of aromatic nitrogens is 4. The van der Waals surface area contributed by atoms with Crippen LogP contribution in [-0.2, 0) is 17.9 Å². The average molecular weight is 511 g/mol. The van der Waals surface area contributed by atoms with Crippen LogP contribution in [-0.4, -0.2) is 30.8 Å². The van der Waals surface area contributed by atoms with Crippen molar-refractivity contribution in [3.8, 4) is 27.7 Å². The fraction of sp³-hybridized carbons (Fsp3) is 0.172. The number of thiazole rings is 1. The predicted octanol–water partition coefficient (Wildman–Crippen LogP) is 6.27. The highest BCUT2D eigenvalue weighted by atomic mass is 32.1. The Bertz CT molecular complexity index is 1460. The quantitative estimate of drug-likeness (QED) is 0.238. The van der Waals surface area contributed by atoms with Gasteiger partial charge in [-0.25, -0.2) is 9.97 Å². The summed E-state index contributed by atoms with van der Waals surface area (Å²) >= 11 is 1.59. The molecule has 0 fully saturated rings.